The first kappa shape index (κ1) is 20.9. The largest absolute Gasteiger partial charge is 0.494 e. The second kappa shape index (κ2) is 10.1. The molecule has 2 aromatic carbocycles. The molecule has 7 nitrogen and oxygen atoms in total. The van der Waals surface area contributed by atoms with E-state index in [0.717, 1.165) is 5.56 Å². The van der Waals surface area contributed by atoms with Gasteiger partial charge in [0.15, 0.2) is 0 Å². The molecule has 0 bridgehead atoms. The number of furan rings is 1. The number of carbonyl (C=O) groups is 2. The van der Waals surface area contributed by atoms with E-state index in [-0.39, 0.29) is 11.9 Å². The van der Waals surface area contributed by atoms with Crippen LogP contribution in [0.25, 0.3) is 11.3 Å². The van der Waals surface area contributed by atoms with Gasteiger partial charge < -0.3 is 13.9 Å². The zero-order valence-electron chi connectivity index (χ0n) is 16.8. The van der Waals surface area contributed by atoms with E-state index >= 15 is 0 Å². The van der Waals surface area contributed by atoms with E-state index in [9.17, 15) is 9.59 Å². The summed E-state index contributed by atoms with van der Waals surface area (Å²) in [5.74, 6) is 1.000. The zero-order valence-corrected chi connectivity index (χ0v) is 16.8. The van der Waals surface area contributed by atoms with Gasteiger partial charge in [-0.2, -0.15) is 5.10 Å². The van der Waals surface area contributed by atoms with Crippen LogP contribution in [0.5, 0.6) is 5.75 Å². The number of hydrogen-bond donors (Lipinski definition) is 1. The Morgan fingerprint density at radius 3 is 2.53 bits per heavy atom. The number of hydrazone groups is 1. The first-order valence-electron chi connectivity index (χ1n) is 9.54. The first-order valence-corrected chi connectivity index (χ1v) is 9.54. The van der Waals surface area contributed by atoms with E-state index in [0.29, 0.717) is 41.6 Å². The van der Waals surface area contributed by atoms with Crippen molar-refractivity contribution in [2.24, 2.45) is 5.10 Å². The van der Waals surface area contributed by atoms with Crippen molar-refractivity contribution in [2.45, 2.75) is 13.8 Å². The highest BCUT2D eigenvalue weighted by Gasteiger charge is 2.10. The van der Waals surface area contributed by atoms with Crippen molar-refractivity contribution < 1.29 is 23.5 Å². The van der Waals surface area contributed by atoms with Gasteiger partial charge in [0, 0.05) is 11.1 Å². The van der Waals surface area contributed by atoms with Crippen molar-refractivity contribution >= 4 is 18.1 Å². The number of hydrogen-bond acceptors (Lipinski definition) is 6. The molecule has 0 saturated heterocycles. The predicted octanol–water partition coefficient (Wildman–Crippen LogP) is 4.29. The van der Waals surface area contributed by atoms with Crippen molar-refractivity contribution in [3.63, 3.8) is 0 Å². The average Bonchev–Trinajstić information content (AvgIpc) is 3.24. The molecule has 0 spiro atoms. The van der Waals surface area contributed by atoms with Crippen LogP contribution in [0.3, 0.4) is 0 Å². The fourth-order valence-electron chi connectivity index (χ4n) is 2.68. The maximum atomic E-state index is 12.1. The molecular formula is C23H22N2O5. The van der Waals surface area contributed by atoms with Gasteiger partial charge in [-0.05, 0) is 62.4 Å². The highest BCUT2D eigenvalue weighted by Crippen LogP contribution is 2.23. The Morgan fingerprint density at radius 2 is 1.80 bits per heavy atom. The number of carbonyl (C=O) groups excluding carboxylic acids is 2. The maximum Gasteiger partial charge on any atom is 0.338 e. The minimum atomic E-state index is -0.385. The molecule has 0 atom stereocenters. The molecule has 1 N–H and O–H groups in total. The lowest BCUT2D eigenvalue weighted by atomic mass is 10.1. The van der Waals surface area contributed by atoms with Crippen molar-refractivity contribution in [3.05, 3.63) is 77.6 Å². The standard InChI is InChI=1S/C23H22N2O5/c1-3-28-19-10-8-16(9-11-19)22(26)25-24-15-20-12-13-21(30-20)17-6-5-7-18(14-17)23(27)29-4-2/h5-15H,3-4H2,1-2H3,(H,25,26)/b24-15-. The Morgan fingerprint density at radius 1 is 1.00 bits per heavy atom. The number of nitrogens with one attached hydrogen (secondary N) is 1. The fourth-order valence-corrected chi connectivity index (χ4v) is 2.68. The van der Waals surface area contributed by atoms with E-state index in [2.05, 4.69) is 10.5 Å². The molecule has 7 heteroatoms. The molecule has 0 fully saturated rings. The van der Waals surface area contributed by atoms with Crippen LogP contribution in [-0.4, -0.2) is 31.3 Å². The van der Waals surface area contributed by atoms with Crippen LogP contribution in [0.2, 0.25) is 0 Å². The SMILES string of the molecule is CCOC(=O)c1cccc(-c2ccc(/C=N\NC(=O)c3ccc(OCC)cc3)o2)c1. The van der Waals surface area contributed by atoms with Crippen molar-refractivity contribution in [1.29, 1.82) is 0 Å². The summed E-state index contributed by atoms with van der Waals surface area (Å²) in [6, 6.07) is 17.2. The van der Waals surface area contributed by atoms with Crippen LogP contribution >= 0.6 is 0 Å². The van der Waals surface area contributed by atoms with Gasteiger partial charge in [0.25, 0.3) is 5.91 Å². The minimum absolute atomic E-state index is 0.312. The van der Waals surface area contributed by atoms with E-state index in [1.807, 2.05) is 13.0 Å². The summed E-state index contributed by atoms with van der Waals surface area (Å²) >= 11 is 0. The lowest BCUT2D eigenvalue weighted by Gasteiger charge is -2.04. The third-order valence-electron chi connectivity index (χ3n) is 4.07. The number of rotatable bonds is 8. The highest BCUT2D eigenvalue weighted by molar-refractivity contribution is 5.95. The third kappa shape index (κ3) is 5.35. The van der Waals surface area contributed by atoms with Crippen LogP contribution in [0.1, 0.15) is 40.3 Å². The molecule has 1 amide bonds. The Bertz CT molecular complexity index is 1040. The van der Waals surface area contributed by atoms with Crippen molar-refractivity contribution in [3.8, 4) is 17.1 Å². The molecule has 1 aromatic heterocycles. The van der Waals surface area contributed by atoms with Gasteiger partial charge in [-0.3, -0.25) is 4.79 Å². The predicted molar refractivity (Wildman–Crippen MR) is 113 cm³/mol. The number of benzene rings is 2. The van der Waals surface area contributed by atoms with E-state index in [1.165, 1.54) is 6.21 Å². The Labute approximate surface area is 174 Å². The minimum Gasteiger partial charge on any atom is -0.494 e. The number of amides is 1. The number of nitrogens with zero attached hydrogens (tertiary/aromatic N) is 1. The second-order valence-electron chi connectivity index (χ2n) is 6.16. The third-order valence-corrected chi connectivity index (χ3v) is 4.07. The summed E-state index contributed by atoms with van der Waals surface area (Å²) in [6.45, 7) is 4.53. The fraction of sp³-hybridized carbons (Fsp3) is 0.174. The molecule has 30 heavy (non-hydrogen) atoms. The number of ether oxygens (including phenoxy) is 2. The smallest absolute Gasteiger partial charge is 0.338 e. The zero-order chi connectivity index (χ0) is 21.3. The Balaban J connectivity index is 1.62. The first-order chi connectivity index (χ1) is 14.6. The Kier molecular flexibility index (Phi) is 7.00. The van der Waals surface area contributed by atoms with Crippen LogP contribution in [0.15, 0.2) is 70.2 Å². The van der Waals surface area contributed by atoms with Crippen molar-refractivity contribution in [1.82, 2.24) is 5.43 Å². The molecule has 0 unspecified atom stereocenters. The summed E-state index contributed by atoms with van der Waals surface area (Å²) in [5, 5.41) is 3.93. The molecule has 1 heterocycles. The van der Waals surface area contributed by atoms with Crippen LogP contribution < -0.4 is 10.2 Å². The molecule has 154 valence electrons. The highest BCUT2D eigenvalue weighted by atomic mass is 16.5. The van der Waals surface area contributed by atoms with Gasteiger partial charge in [-0.25, -0.2) is 10.2 Å². The van der Waals surface area contributed by atoms with E-state index in [4.69, 9.17) is 13.9 Å². The van der Waals surface area contributed by atoms with Gasteiger partial charge in [0.2, 0.25) is 0 Å². The normalized spacial score (nSPS) is 10.7. The summed E-state index contributed by atoms with van der Waals surface area (Å²) in [7, 11) is 0. The molecule has 3 rings (SSSR count). The molecular weight excluding hydrogens is 384 g/mol. The van der Waals surface area contributed by atoms with Gasteiger partial charge >= 0.3 is 5.97 Å². The van der Waals surface area contributed by atoms with Gasteiger partial charge in [0.05, 0.1) is 25.0 Å². The lowest BCUT2D eigenvalue weighted by molar-refractivity contribution is 0.0526. The monoisotopic (exact) mass is 406 g/mol. The van der Waals surface area contributed by atoms with E-state index in [1.54, 1.807) is 61.5 Å². The van der Waals surface area contributed by atoms with Crippen LogP contribution in [-0.2, 0) is 4.74 Å². The lowest BCUT2D eigenvalue weighted by Crippen LogP contribution is -2.17. The second-order valence-corrected chi connectivity index (χ2v) is 6.16. The number of esters is 1. The van der Waals surface area contributed by atoms with Gasteiger partial charge in [-0.1, -0.05) is 12.1 Å². The molecule has 0 aliphatic heterocycles. The van der Waals surface area contributed by atoms with Crippen LogP contribution in [0, 0.1) is 0 Å². The Hall–Kier alpha value is -3.87. The quantitative estimate of drug-likeness (QED) is 0.342. The topological polar surface area (TPSA) is 90.1 Å². The maximum absolute atomic E-state index is 12.1. The summed E-state index contributed by atoms with van der Waals surface area (Å²) in [6.07, 6.45) is 1.41. The summed E-state index contributed by atoms with van der Waals surface area (Å²) < 4.78 is 16.1. The molecule has 0 aliphatic carbocycles. The summed E-state index contributed by atoms with van der Waals surface area (Å²) in [4.78, 5) is 24.0. The molecule has 0 radical (unpaired) electrons. The molecule has 0 aliphatic rings. The summed E-state index contributed by atoms with van der Waals surface area (Å²) in [5.41, 5.74) is 4.10. The van der Waals surface area contributed by atoms with Gasteiger partial charge in [0.1, 0.15) is 17.3 Å². The average molecular weight is 406 g/mol. The van der Waals surface area contributed by atoms with E-state index < -0.39 is 0 Å². The van der Waals surface area contributed by atoms with Crippen LogP contribution in [0.4, 0.5) is 0 Å². The molecule has 0 saturated carbocycles. The molecule has 3 aromatic rings. The van der Waals surface area contributed by atoms with Gasteiger partial charge in [-0.15, -0.1) is 0 Å². The van der Waals surface area contributed by atoms with Crippen molar-refractivity contribution in [2.75, 3.05) is 13.2 Å².